The number of carbonyl (C=O) groups excluding carboxylic acids is 1. The van der Waals surface area contributed by atoms with Crippen molar-refractivity contribution < 1.29 is 14.3 Å². The monoisotopic (exact) mass is 323 g/mol. The average molecular weight is 324 g/mol. The van der Waals surface area contributed by atoms with Crippen LogP contribution < -0.4 is 5.32 Å². The number of rotatable bonds is 4. The molecule has 1 heterocycles. The molecule has 0 aliphatic carbocycles. The van der Waals surface area contributed by atoms with Crippen LogP contribution in [0, 0.1) is 12.7 Å². The van der Waals surface area contributed by atoms with Gasteiger partial charge in [-0.1, -0.05) is 17.7 Å². The van der Waals surface area contributed by atoms with Gasteiger partial charge in [-0.05, 0) is 26.0 Å². The maximum atomic E-state index is 13.8. The van der Waals surface area contributed by atoms with Gasteiger partial charge >= 0.3 is 0 Å². The second-order valence-corrected chi connectivity index (χ2v) is 5.29. The normalized spacial score (nSPS) is 13.5. The Balaban J connectivity index is 2.13. The zero-order valence-electron chi connectivity index (χ0n) is 12.0. The SMILES string of the molecule is Cc1cnc(C(=O)N[C@@H](C)[C@@H](O)c2c(F)cccc2Cl)cn1. The third-order valence-corrected chi connectivity index (χ3v) is 3.47. The molecule has 0 bridgehead atoms. The van der Waals surface area contributed by atoms with Crippen LogP contribution in [0.5, 0.6) is 0 Å². The number of nitrogens with one attached hydrogen (secondary N) is 1. The summed E-state index contributed by atoms with van der Waals surface area (Å²) < 4.78 is 13.8. The minimum Gasteiger partial charge on any atom is -0.386 e. The summed E-state index contributed by atoms with van der Waals surface area (Å²) in [6.07, 6.45) is 1.51. The van der Waals surface area contributed by atoms with Crippen molar-refractivity contribution >= 4 is 17.5 Å². The Morgan fingerprint density at radius 3 is 2.68 bits per heavy atom. The lowest BCUT2D eigenvalue weighted by Crippen LogP contribution is -2.37. The number of nitrogens with zero attached hydrogens (tertiary/aromatic N) is 2. The lowest BCUT2D eigenvalue weighted by atomic mass is 10.0. The number of hydrogen-bond acceptors (Lipinski definition) is 4. The molecule has 2 rings (SSSR count). The van der Waals surface area contributed by atoms with Crippen molar-refractivity contribution in [3.63, 3.8) is 0 Å². The van der Waals surface area contributed by atoms with Crippen molar-refractivity contribution in [3.05, 3.63) is 58.4 Å². The third-order valence-electron chi connectivity index (χ3n) is 3.14. The summed E-state index contributed by atoms with van der Waals surface area (Å²) in [7, 11) is 0. The highest BCUT2D eigenvalue weighted by Crippen LogP contribution is 2.27. The van der Waals surface area contributed by atoms with Gasteiger partial charge in [-0.2, -0.15) is 0 Å². The Kier molecular flexibility index (Phi) is 5.05. The van der Waals surface area contributed by atoms with Crippen molar-refractivity contribution in [2.75, 3.05) is 0 Å². The summed E-state index contributed by atoms with van der Waals surface area (Å²) in [6, 6.07) is 3.36. The zero-order chi connectivity index (χ0) is 16.3. The molecule has 116 valence electrons. The predicted molar refractivity (Wildman–Crippen MR) is 80.1 cm³/mol. The van der Waals surface area contributed by atoms with Crippen molar-refractivity contribution in [3.8, 4) is 0 Å². The van der Waals surface area contributed by atoms with E-state index in [9.17, 15) is 14.3 Å². The molecule has 0 radical (unpaired) electrons. The first-order chi connectivity index (χ1) is 10.4. The summed E-state index contributed by atoms with van der Waals surface area (Å²) in [5, 5.41) is 12.9. The number of aromatic nitrogens is 2. The second kappa shape index (κ2) is 6.81. The Morgan fingerprint density at radius 2 is 2.09 bits per heavy atom. The first kappa shape index (κ1) is 16.3. The van der Waals surface area contributed by atoms with E-state index in [-0.39, 0.29) is 16.3 Å². The number of aliphatic hydroxyl groups is 1. The summed E-state index contributed by atoms with van der Waals surface area (Å²) >= 11 is 5.90. The molecule has 0 unspecified atom stereocenters. The third kappa shape index (κ3) is 3.58. The molecular weight excluding hydrogens is 309 g/mol. The molecule has 0 aliphatic rings. The maximum Gasteiger partial charge on any atom is 0.271 e. The van der Waals surface area contributed by atoms with Gasteiger partial charge in [0.15, 0.2) is 0 Å². The number of carbonyl (C=O) groups is 1. The maximum absolute atomic E-state index is 13.8. The molecule has 1 amide bonds. The van der Waals surface area contributed by atoms with E-state index in [0.717, 1.165) is 0 Å². The summed E-state index contributed by atoms with van der Waals surface area (Å²) in [6.45, 7) is 3.30. The quantitative estimate of drug-likeness (QED) is 0.906. The van der Waals surface area contributed by atoms with Crippen LogP contribution in [0.15, 0.2) is 30.6 Å². The summed E-state index contributed by atoms with van der Waals surface area (Å²) in [5.41, 5.74) is 0.749. The molecule has 0 aliphatic heterocycles. The molecule has 2 N–H and O–H groups in total. The van der Waals surface area contributed by atoms with E-state index >= 15 is 0 Å². The van der Waals surface area contributed by atoms with E-state index in [4.69, 9.17) is 11.6 Å². The number of benzene rings is 1. The number of amides is 1. The van der Waals surface area contributed by atoms with Gasteiger partial charge < -0.3 is 10.4 Å². The van der Waals surface area contributed by atoms with Crippen LogP contribution in [-0.4, -0.2) is 27.0 Å². The average Bonchev–Trinajstić information content (AvgIpc) is 2.47. The fourth-order valence-electron chi connectivity index (χ4n) is 1.91. The van der Waals surface area contributed by atoms with Crippen LogP contribution >= 0.6 is 11.6 Å². The van der Waals surface area contributed by atoms with Crippen molar-refractivity contribution in [1.82, 2.24) is 15.3 Å². The highest BCUT2D eigenvalue weighted by Gasteiger charge is 2.24. The van der Waals surface area contributed by atoms with Gasteiger partial charge in [0.2, 0.25) is 0 Å². The fourth-order valence-corrected chi connectivity index (χ4v) is 2.19. The van der Waals surface area contributed by atoms with Gasteiger partial charge in [0.05, 0.1) is 17.9 Å². The lowest BCUT2D eigenvalue weighted by molar-refractivity contribution is 0.0841. The van der Waals surface area contributed by atoms with Crippen LogP contribution in [0.1, 0.15) is 34.8 Å². The molecule has 22 heavy (non-hydrogen) atoms. The van der Waals surface area contributed by atoms with E-state index < -0.39 is 23.9 Å². The van der Waals surface area contributed by atoms with Crippen molar-refractivity contribution in [1.29, 1.82) is 0 Å². The zero-order valence-corrected chi connectivity index (χ0v) is 12.8. The molecule has 0 saturated carbocycles. The van der Waals surface area contributed by atoms with Crippen molar-refractivity contribution in [2.24, 2.45) is 0 Å². The van der Waals surface area contributed by atoms with E-state index in [0.29, 0.717) is 5.69 Å². The second-order valence-electron chi connectivity index (χ2n) is 4.89. The minimum atomic E-state index is -1.28. The van der Waals surface area contributed by atoms with Crippen LogP contribution in [-0.2, 0) is 0 Å². The van der Waals surface area contributed by atoms with Crippen LogP contribution in [0.4, 0.5) is 4.39 Å². The molecule has 1 aromatic heterocycles. The van der Waals surface area contributed by atoms with Gasteiger partial charge in [0.1, 0.15) is 17.6 Å². The Hall–Kier alpha value is -2.05. The standard InChI is InChI=1S/C15H15ClFN3O2/c1-8-6-19-12(7-18-8)15(22)20-9(2)14(21)13-10(16)4-3-5-11(13)17/h3-7,9,14,21H,1-2H3,(H,20,22)/t9-,14+/m0/s1. The number of aryl methyl sites for hydroxylation is 1. The number of hydrogen-bond donors (Lipinski definition) is 2. The Bertz CT molecular complexity index is 659. The molecule has 7 heteroatoms. The van der Waals surface area contributed by atoms with E-state index in [1.165, 1.54) is 30.6 Å². The molecule has 1 aromatic carbocycles. The molecule has 0 fully saturated rings. The molecule has 5 nitrogen and oxygen atoms in total. The van der Waals surface area contributed by atoms with Gasteiger partial charge in [0.25, 0.3) is 5.91 Å². The first-order valence-corrected chi connectivity index (χ1v) is 6.99. The topological polar surface area (TPSA) is 75.1 Å². The Labute approximate surface area is 132 Å². The largest absolute Gasteiger partial charge is 0.386 e. The predicted octanol–water partition coefficient (Wildman–Crippen LogP) is 2.43. The van der Waals surface area contributed by atoms with Gasteiger partial charge in [-0.25, -0.2) is 9.37 Å². The van der Waals surface area contributed by atoms with E-state index in [1.54, 1.807) is 13.8 Å². The summed E-state index contributed by atoms with van der Waals surface area (Å²) in [5.74, 6) is -1.14. The van der Waals surface area contributed by atoms with Crippen molar-refractivity contribution in [2.45, 2.75) is 26.0 Å². The van der Waals surface area contributed by atoms with Gasteiger partial charge in [-0.3, -0.25) is 9.78 Å². The molecule has 0 spiro atoms. The highest BCUT2D eigenvalue weighted by atomic mass is 35.5. The number of halogens is 2. The lowest BCUT2D eigenvalue weighted by Gasteiger charge is -2.21. The molecular formula is C15H15ClFN3O2. The van der Waals surface area contributed by atoms with Crippen LogP contribution in [0.2, 0.25) is 5.02 Å². The van der Waals surface area contributed by atoms with E-state index in [2.05, 4.69) is 15.3 Å². The molecule has 2 atom stereocenters. The van der Waals surface area contributed by atoms with Crippen LogP contribution in [0.25, 0.3) is 0 Å². The summed E-state index contributed by atoms with van der Waals surface area (Å²) in [4.78, 5) is 19.9. The molecule has 2 aromatic rings. The number of aliphatic hydroxyl groups excluding tert-OH is 1. The first-order valence-electron chi connectivity index (χ1n) is 6.61. The van der Waals surface area contributed by atoms with Gasteiger partial charge in [-0.15, -0.1) is 0 Å². The van der Waals surface area contributed by atoms with E-state index in [1.807, 2.05) is 0 Å². The fraction of sp³-hybridized carbons (Fsp3) is 0.267. The highest BCUT2D eigenvalue weighted by molar-refractivity contribution is 6.31. The molecule has 0 saturated heterocycles. The smallest absolute Gasteiger partial charge is 0.271 e. The minimum absolute atomic E-state index is 0.0491. The van der Waals surface area contributed by atoms with Crippen LogP contribution in [0.3, 0.4) is 0 Å². The van der Waals surface area contributed by atoms with Gasteiger partial charge in [0, 0.05) is 16.8 Å². The Morgan fingerprint density at radius 1 is 1.36 bits per heavy atom.